The number of H-pyrrole nitrogens is 2. The number of hydrogen-bond donors (Lipinski definition) is 2. The van der Waals surface area contributed by atoms with Crippen LogP contribution in [0.2, 0.25) is 0 Å². The van der Waals surface area contributed by atoms with Gasteiger partial charge in [-0.05, 0) is 109 Å². The third-order valence-electron chi connectivity index (χ3n) is 8.93. The summed E-state index contributed by atoms with van der Waals surface area (Å²) < 4.78 is 0. The van der Waals surface area contributed by atoms with Crippen molar-refractivity contribution < 1.29 is 0 Å². The van der Waals surface area contributed by atoms with E-state index in [0.717, 1.165) is 62.8 Å². The average Bonchev–Trinajstić information content (AvgIpc) is 3.73. The Bertz CT molecular complexity index is 1560. The van der Waals surface area contributed by atoms with E-state index in [2.05, 4.69) is 89.6 Å². The maximum atomic E-state index is 5.58. The van der Waals surface area contributed by atoms with Crippen LogP contribution in [0.5, 0.6) is 0 Å². The molecule has 5 heterocycles. The number of nitrogens with zero attached hydrogens (tertiary/aromatic N) is 2. The van der Waals surface area contributed by atoms with Crippen molar-refractivity contribution in [2.45, 2.75) is 107 Å². The molecule has 0 spiro atoms. The second-order valence-corrected chi connectivity index (χ2v) is 10.9. The van der Waals surface area contributed by atoms with Gasteiger partial charge in [0.15, 0.2) is 0 Å². The van der Waals surface area contributed by atoms with Crippen molar-refractivity contribution in [1.82, 2.24) is 19.9 Å². The van der Waals surface area contributed by atoms with E-state index in [4.69, 9.17) is 9.97 Å². The number of allylic oxidation sites excluding steroid dienone is 2. The Morgan fingerprint density at radius 1 is 0.463 bits per heavy atom. The molecule has 5 heteroatoms. The molecule has 0 amide bonds. The monoisotopic (exact) mass is 606 g/mol. The third-order valence-corrected chi connectivity index (χ3v) is 8.93. The van der Waals surface area contributed by atoms with Gasteiger partial charge in [0.2, 0.25) is 0 Å². The van der Waals surface area contributed by atoms with E-state index in [0.29, 0.717) is 0 Å². The molecule has 3 aromatic heterocycles. The van der Waals surface area contributed by atoms with Gasteiger partial charge < -0.3 is 9.97 Å². The molecule has 0 unspecified atom stereocenters. The van der Waals surface area contributed by atoms with Crippen LogP contribution in [-0.4, -0.2) is 39.7 Å². The summed E-state index contributed by atoms with van der Waals surface area (Å²) in [5, 5.41) is 0. The number of aryl methyl sites for hydroxylation is 6. The Kier molecular flexibility index (Phi) is 9.92. The molecule has 0 atom stereocenters. The quantitative estimate of drug-likeness (QED) is 0.198. The summed E-state index contributed by atoms with van der Waals surface area (Å²) >= 11 is 0. The van der Waals surface area contributed by atoms with Crippen molar-refractivity contribution in [1.29, 1.82) is 0 Å². The molecule has 2 aliphatic heterocycles. The number of fused-ring (bicyclic) bond motifs is 8. The molecule has 2 aliphatic rings. The summed E-state index contributed by atoms with van der Waals surface area (Å²) in [6.07, 6.45) is 12.1. The topological polar surface area (TPSA) is 57.4 Å². The minimum atomic E-state index is 0. The summed E-state index contributed by atoms with van der Waals surface area (Å²) in [5.41, 5.74) is 20.4. The summed E-state index contributed by atoms with van der Waals surface area (Å²) in [6.45, 7) is 18.3. The first-order valence-electron chi connectivity index (χ1n) is 15.7. The second kappa shape index (κ2) is 13.0. The van der Waals surface area contributed by atoms with Crippen LogP contribution in [-0.2, 0) is 38.5 Å². The van der Waals surface area contributed by atoms with Gasteiger partial charge in [0.05, 0.1) is 22.8 Å². The van der Waals surface area contributed by atoms with Gasteiger partial charge in [-0.3, -0.25) is 0 Å². The van der Waals surface area contributed by atoms with Crippen LogP contribution in [0.25, 0.3) is 45.4 Å². The van der Waals surface area contributed by atoms with E-state index < -0.39 is 0 Å². The zero-order valence-corrected chi connectivity index (χ0v) is 25.9. The van der Waals surface area contributed by atoms with Gasteiger partial charge in [-0.2, -0.15) is 0 Å². The van der Waals surface area contributed by atoms with Crippen molar-refractivity contribution in [3.05, 3.63) is 68.3 Å². The number of hydrogen-bond acceptors (Lipinski definition) is 2. The number of aromatic nitrogens is 4. The molecule has 0 saturated carbocycles. The summed E-state index contributed by atoms with van der Waals surface area (Å²) in [5.74, 6) is 0. The molecule has 5 rings (SSSR count). The van der Waals surface area contributed by atoms with E-state index >= 15 is 0 Å². The zero-order chi connectivity index (χ0) is 28.6. The van der Waals surface area contributed by atoms with Crippen LogP contribution in [0, 0.1) is 0 Å². The molecule has 216 valence electrons. The molecule has 0 fully saturated rings. The molecule has 0 aromatic carbocycles. The predicted molar refractivity (Wildman–Crippen MR) is 184 cm³/mol. The first-order valence-corrected chi connectivity index (χ1v) is 15.7. The van der Waals surface area contributed by atoms with Crippen molar-refractivity contribution in [2.75, 3.05) is 0 Å². The number of aromatic amines is 2. The Labute approximate surface area is 259 Å². The van der Waals surface area contributed by atoms with Crippen molar-refractivity contribution in [2.24, 2.45) is 0 Å². The van der Waals surface area contributed by atoms with Gasteiger partial charge in [-0.1, -0.05) is 55.4 Å². The molecule has 8 bridgehead atoms. The molecule has 0 radical (unpaired) electrons. The SMILES string of the molecule is CCC1=C(CC)c2nc1c(CC)c1[nH]c(cc3nc(cc4[nH]c(c2CC)c(CC)c4CC)C=C3)c(CC)c1CC.[GaH3]. The van der Waals surface area contributed by atoms with Gasteiger partial charge in [-0.15, -0.1) is 0 Å². The number of rotatable bonds is 8. The third kappa shape index (κ3) is 5.21. The summed E-state index contributed by atoms with van der Waals surface area (Å²) in [4.78, 5) is 18.4. The average molecular weight is 608 g/mol. The molecule has 3 aromatic rings. The van der Waals surface area contributed by atoms with Crippen LogP contribution in [0.4, 0.5) is 0 Å². The Balaban J connectivity index is 0.00000387. The Morgan fingerprint density at radius 2 is 0.829 bits per heavy atom. The molecular weight excluding hydrogens is 558 g/mol. The minimum absolute atomic E-state index is 0. The standard InChI is InChI=1S/C36H46N4.Ga.3H/c1-9-23-25(11-3)33-29(15-7)35-27(13-5)28(14-6)36(40-35)30(16-8)34-26(12-4)24(10-2)32(39-34)20-22-18-17-21(37-22)19-31(23)38-33;;;;/h17-20,38-39H,9-16H2,1-8H3;;;;. The Hall–Kier alpha value is -2.76. The second-order valence-electron chi connectivity index (χ2n) is 10.9. The molecule has 41 heavy (non-hydrogen) atoms. The van der Waals surface area contributed by atoms with Crippen molar-refractivity contribution in [3.8, 4) is 0 Å². The maximum absolute atomic E-state index is 5.58. The van der Waals surface area contributed by atoms with E-state index in [-0.39, 0.29) is 19.8 Å². The van der Waals surface area contributed by atoms with Crippen LogP contribution >= 0.6 is 0 Å². The molecule has 0 aliphatic carbocycles. The molecule has 4 nitrogen and oxygen atoms in total. The first kappa shape index (κ1) is 31.2. The Morgan fingerprint density at radius 3 is 1.15 bits per heavy atom. The summed E-state index contributed by atoms with van der Waals surface area (Å²) in [7, 11) is 0. The van der Waals surface area contributed by atoms with Gasteiger partial charge in [0.1, 0.15) is 0 Å². The van der Waals surface area contributed by atoms with E-state index in [1.165, 1.54) is 78.0 Å². The number of nitrogens with one attached hydrogen (secondary N) is 2. The molecule has 0 saturated heterocycles. The zero-order valence-electron chi connectivity index (χ0n) is 25.9. The summed E-state index contributed by atoms with van der Waals surface area (Å²) in [6, 6.07) is 4.47. The van der Waals surface area contributed by atoms with Crippen LogP contribution < -0.4 is 0 Å². The first-order chi connectivity index (χ1) is 19.5. The van der Waals surface area contributed by atoms with Crippen LogP contribution in [0.15, 0.2) is 12.1 Å². The van der Waals surface area contributed by atoms with Gasteiger partial charge >= 0.3 is 19.8 Å². The fraction of sp³-hybridized carbons (Fsp3) is 0.444. The van der Waals surface area contributed by atoms with Crippen molar-refractivity contribution in [3.63, 3.8) is 0 Å². The van der Waals surface area contributed by atoms with E-state index in [1.807, 2.05) is 0 Å². The normalized spacial score (nSPS) is 12.8. The van der Waals surface area contributed by atoms with Crippen LogP contribution in [0.3, 0.4) is 0 Å². The van der Waals surface area contributed by atoms with Gasteiger partial charge in [0, 0.05) is 33.2 Å². The fourth-order valence-electron chi connectivity index (χ4n) is 7.12. The fourth-order valence-corrected chi connectivity index (χ4v) is 7.12. The van der Waals surface area contributed by atoms with Gasteiger partial charge in [0.25, 0.3) is 0 Å². The van der Waals surface area contributed by atoms with E-state index in [1.54, 1.807) is 0 Å². The van der Waals surface area contributed by atoms with Gasteiger partial charge in [-0.25, -0.2) is 9.97 Å². The van der Waals surface area contributed by atoms with Crippen molar-refractivity contribution >= 4 is 65.2 Å². The van der Waals surface area contributed by atoms with E-state index in [9.17, 15) is 0 Å². The molecule has 2 N–H and O–H groups in total. The molecular formula is C36H49GaN4. The van der Waals surface area contributed by atoms with Crippen LogP contribution in [0.1, 0.15) is 124 Å². The predicted octanol–water partition coefficient (Wildman–Crippen LogP) is 8.41.